The molecule has 0 radical (unpaired) electrons. The smallest absolute Gasteiger partial charge is 0.269 e. The molecule has 0 saturated carbocycles. The first-order valence-electron chi connectivity index (χ1n) is 9.23. The molecule has 8 nitrogen and oxygen atoms in total. The number of para-hydroxylation sites is 1. The van der Waals surface area contributed by atoms with E-state index in [-0.39, 0.29) is 11.6 Å². The van der Waals surface area contributed by atoms with E-state index in [9.17, 15) is 19.7 Å². The lowest BCUT2D eigenvalue weighted by molar-refractivity contribution is -0.384. The van der Waals surface area contributed by atoms with E-state index in [0.717, 1.165) is 15.5 Å². The number of thiophene rings is 1. The van der Waals surface area contributed by atoms with E-state index in [1.54, 1.807) is 5.06 Å². The van der Waals surface area contributed by atoms with Crippen LogP contribution >= 0.6 is 11.3 Å². The number of hydrogen-bond acceptors (Lipinski definition) is 7. The number of nitro groups is 1. The van der Waals surface area contributed by atoms with E-state index < -0.39 is 28.9 Å². The van der Waals surface area contributed by atoms with E-state index in [1.165, 1.54) is 35.6 Å². The summed E-state index contributed by atoms with van der Waals surface area (Å²) in [6.07, 6.45) is -0.958. The maximum atomic E-state index is 13.4. The molecule has 0 N–H and O–H groups in total. The monoisotopic (exact) mass is 421 g/mol. The second-order valence-electron chi connectivity index (χ2n) is 6.96. The Morgan fingerprint density at radius 1 is 0.900 bits per heavy atom. The molecule has 3 aromatic rings. The fourth-order valence-corrected chi connectivity index (χ4v) is 4.79. The summed E-state index contributed by atoms with van der Waals surface area (Å²) in [7, 11) is 0. The summed E-state index contributed by atoms with van der Waals surface area (Å²) in [6.45, 7) is 0. The van der Waals surface area contributed by atoms with Crippen LogP contribution in [0.5, 0.6) is 0 Å². The number of amides is 2. The van der Waals surface area contributed by atoms with Gasteiger partial charge in [0.25, 0.3) is 11.6 Å². The van der Waals surface area contributed by atoms with Crippen molar-refractivity contribution in [1.82, 2.24) is 0 Å². The second-order valence-corrected chi connectivity index (χ2v) is 7.94. The van der Waals surface area contributed by atoms with Crippen LogP contribution in [0.15, 0.2) is 72.1 Å². The summed E-state index contributed by atoms with van der Waals surface area (Å²) in [5, 5.41) is 14.5. The van der Waals surface area contributed by atoms with E-state index in [1.807, 2.05) is 47.8 Å². The van der Waals surface area contributed by atoms with Crippen LogP contribution in [-0.4, -0.2) is 22.8 Å². The number of carbonyl (C=O) groups is 2. The van der Waals surface area contributed by atoms with Crippen LogP contribution in [-0.2, 0) is 14.4 Å². The van der Waals surface area contributed by atoms with Crippen molar-refractivity contribution in [3.63, 3.8) is 0 Å². The van der Waals surface area contributed by atoms with Gasteiger partial charge in [0.05, 0.1) is 16.3 Å². The molecule has 2 aliphatic heterocycles. The Hall–Kier alpha value is -3.56. The Bertz CT molecular complexity index is 1120. The van der Waals surface area contributed by atoms with Crippen LogP contribution in [0.4, 0.5) is 17.1 Å². The third-order valence-electron chi connectivity index (χ3n) is 5.28. The number of imide groups is 1. The van der Waals surface area contributed by atoms with Crippen molar-refractivity contribution in [2.45, 2.75) is 12.1 Å². The van der Waals surface area contributed by atoms with Gasteiger partial charge in [-0.05, 0) is 35.7 Å². The first-order valence-corrected chi connectivity index (χ1v) is 10.1. The van der Waals surface area contributed by atoms with Crippen molar-refractivity contribution < 1.29 is 19.3 Å². The minimum atomic E-state index is -0.958. The van der Waals surface area contributed by atoms with Crippen molar-refractivity contribution in [1.29, 1.82) is 0 Å². The van der Waals surface area contributed by atoms with E-state index in [0.29, 0.717) is 5.69 Å². The lowest BCUT2D eigenvalue weighted by Crippen LogP contribution is -2.37. The molecule has 0 spiro atoms. The summed E-state index contributed by atoms with van der Waals surface area (Å²) in [5.74, 6) is -1.57. The fourth-order valence-electron chi connectivity index (χ4n) is 3.94. The SMILES string of the molecule is O=C1[C@@H]2[C@@H](ON(c3ccccc3)[C@H]2c2cccs2)C(=O)N1c1ccc([N+](=O)[O-])cc1. The van der Waals surface area contributed by atoms with Gasteiger partial charge in [-0.2, -0.15) is 0 Å². The van der Waals surface area contributed by atoms with Gasteiger partial charge in [-0.3, -0.25) is 24.5 Å². The zero-order valence-electron chi connectivity index (χ0n) is 15.5. The fraction of sp³-hybridized carbons (Fsp3) is 0.143. The Kier molecular flexibility index (Phi) is 4.34. The topological polar surface area (TPSA) is 93.0 Å². The van der Waals surface area contributed by atoms with Crippen molar-refractivity contribution in [3.05, 3.63) is 87.1 Å². The van der Waals surface area contributed by atoms with Gasteiger partial charge in [0.1, 0.15) is 12.0 Å². The minimum absolute atomic E-state index is 0.110. The number of hydrogen-bond donors (Lipinski definition) is 0. The minimum Gasteiger partial charge on any atom is -0.273 e. The van der Waals surface area contributed by atoms with Crippen molar-refractivity contribution in [2.24, 2.45) is 5.92 Å². The summed E-state index contributed by atoms with van der Waals surface area (Å²) in [5.41, 5.74) is 0.943. The van der Waals surface area contributed by atoms with Crippen LogP contribution in [0.2, 0.25) is 0 Å². The molecule has 150 valence electrons. The molecule has 0 aliphatic carbocycles. The molecule has 2 saturated heterocycles. The first kappa shape index (κ1) is 18.5. The average molecular weight is 421 g/mol. The van der Waals surface area contributed by atoms with Crippen LogP contribution in [0, 0.1) is 16.0 Å². The lowest BCUT2D eigenvalue weighted by Gasteiger charge is -2.27. The Labute approximate surface area is 175 Å². The molecule has 30 heavy (non-hydrogen) atoms. The highest BCUT2D eigenvalue weighted by molar-refractivity contribution is 7.10. The summed E-state index contributed by atoms with van der Waals surface area (Å²) < 4.78 is 0. The molecule has 3 heterocycles. The number of non-ortho nitro benzene ring substituents is 1. The highest BCUT2D eigenvalue weighted by Gasteiger charge is 2.60. The van der Waals surface area contributed by atoms with Gasteiger partial charge in [-0.15, -0.1) is 11.3 Å². The number of benzene rings is 2. The Morgan fingerprint density at radius 3 is 2.27 bits per heavy atom. The number of fused-ring (bicyclic) bond motifs is 1. The van der Waals surface area contributed by atoms with Gasteiger partial charge in [0.2, 0.25) is 5.91 Å². The van der Waals surface area contributed by atoms with E-state index >= 15 is 0 Å². The van der Waals surface area contributed by atoms with Gasteiger partial charge in [0.15, 0.2) is 6.10 Å². The highest BCUT2D eigenvalue weighted by Crippen LogP contribution is 2.48. The maximum absolute atomic E-state index is 13.4. The first-order chi connectivity index (χ1) is 14.6. The molecule has 3 atom stereocenters. The number of rotatable bonds is 4. The predicted molar refractivity (Wildman–Crippen MR) is 110 cm³/mol. The van der Waals surface area contributed by atoms with Gasteiger partial charge in [-0.1, -0.05) is 24.3 Å². The zero-order chi connectivity index (χ0) is 20.8. The molecule has 0 bridgehead atoms. The summed E-state index contributed by atoms with van der Waals surface area (Å²) >= 11 is 1.49. The molecule has 5 rings (SSSR count). The molecular formula is C21H15N3O5S. The number of carbonyl (C=O) groups excluding carboxylic acids is 2. The maximum Gasteiger partial charge on any atom is 0.269 e. The van der Waals surface area contributed by atoms with Crippen LogP contribution in [0.3, 0.4) is 0 Å². The molecule has 2 aromatic carbocycles. The number of nitro benzene ring substituents is 1. The number of hydroxylamine groups is 1. The van der Waals surface area contributed by atoms with Crippen molar-refractivity contribution >= 4 is 40.2 Å². The molecule has 2 aliphatic rings. The van der Waals surface area contributed by atoms with Gasteiger partial charge >= 0.3 is 0 Å². The number of anilines is 2. The molecule has 0 unspecified atom stereocenters. The molecule has 9 heteroatoms. The Balaban J connectivity index is 1.53. The standard InChI is InChI=1S/C21H15N3O5S/c25-20-17-18(16-7-4-12-30-16)23(14-5-2-1-3-6-14)29-19(17)21(26)22(20)13-8-10-15(11-9-13)24(27)28/h1-12,17-19H/t17-,18-,19+/m0/s1. The molecule has 2 amide bonds. The second kappa shape index (κ2) is 7.05. The van der Waals surface area contributed by atoms with Crippen molar-refractivity contribution in [2.75, 3.05) is 9.96 Å². The normalized spacial score (nSPS) is 23.1. The highest BCUT2D eigenvalue weighted by atomic mass is 32.1. The Morgan fingerprint density at radius 2 is 1.63 bits per heavy atom. The van der Waals surface area contributed by atoms with Crippen LogP contribution < -0.4 is 9.96 Å². The van der Waals surface area contributed by atoms with Gasteiger partial charge < -0.3 is 0 Å². The molecular weight excluding hydrogens is 406 g/mol. The zero-order valence-corrected chi connectivity index (χ0v) is 16.3. The van der Waals surface area contributed by atoms with Gasteiger partial charge in [-0.25, -0.2) is 9.96 Å². The quantitative estimate of drug-likeness (QED) is 0.362. The predicted octanol–water partition coefficient (Wildman–Crippen LogP) is 3.71. The third kappa shape index (κ3) is 2.78. The van der Waals surface area contributed by atoms with Crippen molar-refractivity contribution in [3.8, 4) is 0 Å². The number of nitrogens with zero attached hydrogens (tertiary/aromatic N) is 3. The van der Waals surface area contributed by atoms with E-state index in [2.05, 4.69) is 0 Å². The van der Waals surface area contributed by atoms with Crippen LogP contribution in [0.1, 0.15) is 10.9 Å². The molecule has 2 fully saturated rings. The van der Waals surface area contributed by atoms with Crippen LogP contribution in [0.25, 0.3) is 0 Å². The lowest BCUT2D eigenvalue weighted by atomic mass is 9.95. The average Bonchev–Trinajstić information content (AvgIpc) is 3.46. The largest absolute Gasteiger partial charge is 0.273 e. The third-order valence-corrected chi connectivity index (χ3v) is 6.22. The molecule has 1 aromatic heterocycles. The summed E-state index contributed by atoms with van der Waals surface area (Å²) in [4.78, 5) is 44.9. The summed E-state index contributed by atoms with van der Waals surface area (Å²) in [6, 6.07) is 18.1. The van der Waals surface area contributed by atoms with E-state index in [4.69, 9.17) is 4.84 Å². The van der Waals surface area contributed by atoms with Gasteiger partial charge in [0, 0.05) is 17.0 Å².